The number of sulfonamides is 1. The van der Waals surface area contributed by atoms with Crippen LogP contribution in [0.5, 0.6) is 0 Å². The van der Waals surface area contributed by atoms with Crippen molar-refractivity contribution in [3.8, 4) is 0 Å². The number of rotatable bonds is 4. The van der Waals surface area contributed by atoms with Crippen molar-refractivity contribution < 1.29 is 18.1 Å². The summed E-state index contributed by atoms with van der Waals surface area (Å²) in [6, 6.07) is 4.28. The Kier molecular flexibility index (Phi) is 5.74. The van der Waals surface area contributed by atoms with Crippen LogP contribution in [0.3, 0.4) is 0 Å². The Bertz CT molecular complexity index is 1360. The number of thiophene rings is 1. The number of fused-ring (bicyclic) bond motifs is 1. The van der Waals surface area contributed by atoms with Crippen LogP contribution in [-0.4, -0.2) is 64.4 Å². The molecule has 0 aliphatic carbocycles. The summed E-state index contributed by atoms with van der Waals surface area (Å²) in [6.45, 7) is 4.09. The number of amides is 1. The zero-order valence-electron chi connectivity index (χ0n) is 17.5. The molecule has 1 aliphatic rings. The molecule has 1 fully saturated rings. The van der Waals surface area contributed by atoms with E-state index in [0.29, 0.717) is 21.5 Å². The number of carbonyl (C=O) groups excluding carboxylic acids is 1. The second-order valence-electron chi connectivity index (χ2n) is 7.50. The molecule has 1 aliphatic heterocycles. The van der Waals surface area contributed by atoms with Gasteiger partial charge in [0.1, 0.15) is 9.77 Å². The van der Waals surface area contributed by atoms with Crippen molar-refractivity contribution in [2.24, 2.45) is 7.05 Å². The quantitative estimate of drug-likeness (QED) is 0.404. The number of nitrogens with zero attached hydrogens (tertiary/aromatic N) is 5. The lowest BCUT2D eigenvalue weighted by atomic mass is 10.2. The molecule has 10 nitrogen and oxygen atoms in total. The Balaban J connectivity index is 1.54. The first-order valence-electron chi connectivity index (χ1n) is 9.68. The van der Waals surface area contributed by atoms with E-state index >= 15 is 0 Å². The third kappa shape index (κ3) is 3.66. The van der Waals surface area contributed by atoms with E-state index in [1.165, 1.54) is 27.2 Å². The number of halogens is 1. The Hall–Kier alpha value is -2.54. The van der Waals surface area contributed by atoms with Gasteiger partial charge in [-0.2, -0.15) is 9.40 Å². The molecule has 13 heteroatoms. The fourth-order valence-electron chi connectivity index (χ4n) is 3.84. The Morgan fingerprint density at radius 3 is 2.44 bits per heavy atom. The minimum atomic E-state index is -3.73. The van der Waals surface area contributed by atoms with E-state index in [4.69, 9.17) is 11.6 Å². The van der Waals surface area contributed by atoms with Crippen LogP contribution in [0.4, 0.5) is 5.69 Å². The third-order valence-corrected chi connectivity index (χ3v) is 9.38. The highest BCUT2D eigenvalue weighted by molar-refractivity contribution is 7.89. The molecule has 3 aromatic rings. The minimum absolute atomic E-state index is 0.0748. The number of carbonyl (C=O) groups is 1. The number of hydrogen-bond acceptors (Lipinski definition) is 7. The highest BCUT2D eigenvalue weighted by atomic mass is 35.5. The molecular weight excluding hydrogens is 478 g/mol. The summed E-state index contributed by atoms with van der Waals surface area (Å²) in [7, 11) is -2.04. The van der Waals surface area contributed by atoms with Gasteiger partial charge in [0.05, 0.1) is 21.3 Å². The molecule has 170 valence electrons. The summed E-state index contributed by atoms with van der Waals surface area (Å²) in [5.74, 6) is -0.315. The van der Waals surface area contributed by atoms with E-state index in [0.717, 1.165) is 11.3 Å². The molecule has 0 radical (unpaired) electrons. The van der Waals surface area contributed by atoms with E-state index in [1.54, 1.807) is 25.8 Å². The van der Waals surface area contributed by atoms with E-state index in [2.05, 4.69) is 5.10 Å². The molecule has 0 N–H and O–H groups in total. The van der Waals surface area contributed by atoms with Crippen molar-refractivity contribution in [2.45, 2.75) is 18.7 Å². The predicted molar refractivity (Wildman–Crippen MR) is 121 cm³/mol. The van der Waals surface area contributed by atoms with Gasteiger partial charge in [-0.25, -0.2) is 8.42 Å². The van der Waals surface area contributed by atoms with Crippen molar-refractivity contribution in [1.82, 2.24) is 19.0 Å². The maximum absolute atomic E-state index is 13.1. The number of aromatic nitrogens is 2. The van der Waals surface area contributed by atoms with Gasteiger partial charge in [0.25, 0.3) is 11.6 Å². The second kappa shape index (κ2) is 8.10. The summed E-state index contributed by atoms with van der Waals surface area (Å²) in [6.07, 6.45) is 0. The number of non-ortho nitro benzene ring substituents is 1. The number of piperazine rings is 1. The SMILES string of the molecule is Cc1nn(C)c(C)c1S(=O)(=O)N1CCN(C(=O)c2sc3cc([N+](=O)[O-])ccc3c2Cl)CC1. The number of nitro groups is 1. The Morgan fingerprint density at radius 1 is 1.22 bits per heavy atom. The van der Waals surface area contributed by atoms with Crippen molar-refractivity contribution >= 4 is 54.6 Å². The van der Waals surface area contributed by atoms with Gasteiger partial charge in [0.15, 0.2) is 0 Å². The molecule has 1 amide bonds. The molecule has 0 atom stereocenters. The van der Waals surface area contributed by atoms with Crippen LogP contribution in [0.15, 0.2) is 23.1 Å². The van der Waals surface area contributed by atoms with Crippen molar-refractivity contribution in [1.29, 1.82) is 0 Å². The van der Waals surface area contributed by atoms with Gasteiger partial charge < -0.3 is 4.90 Å². The largest absolute Gasteiger partial charge is 0.335 e. The molecule has 0 saturated carbocycles. The number of nitro benzene ring substituents is 1. The molecule has 0 unspecified atom stereocenters. The maximum atomic E-state index is 13.1. The van der Waals surface area contributed by atoms with Crippen LogP contribution in [0.25, 0.3) is 10.1 Å². The normalized spacial score (nSPS) is 15.4. The van der Waals surface area contributed by atoms with Crippen LogP contribution in [0.1, 0.15) is 21.1 Å². The monoisotopic (exact) mass is 497 g/mol. The molecule has 4 rings (SSSR count). The molecule has 32 heavy (non-hydrogen) atoms. The van der Waals surface area contributed by atoms with Gasteiger partial charge >= 0.3 is 0 Å². The molecular formula is C19H20ClN5O5S2. The molecule has 0 spiro atoms. The molecule has 3 heterocycles. The number of benzene rings is 1. The first-order valence-corrected chi connectivity index (χ1v) is 12.3. The van der Waals surface area contributed by atoms with Crippen LogP contribution < -0.4 is 0 Å². The fraction of sp³-hybridized carbons (Fsp3) is 0.368. The van der Waals surface area contributed by atoms with E-state index in [-0.39, 0.29) is 52.6 Å². The van der Waals surface area contributed by atoms with E-state index in [9.17, 15) is 23.3 Å². The smallest absolute Gasteiger partial charge is 0.270 e. The zero-order valence-corrected chi connectivity index (χ0v) is 19.9. The first-order chi connectivity index (χ1) is 15.0. The summed E-state index contributed by atoms with van der Waals surface area (Å²) in [5.41, 5.74) is 0.927. The molecule has 1 aromatic carbocycles. The maximum Gasteiger partial charge on any atom is 0.270 e. The number of aryl methyl sites for hydroxylation is 2. The first kappa shape index (κ1) is 22.6. The summed E-state index contributed by atoms with van der Waals surface area (Å²) >= 11 is 7.50. The highest BCUT2D eigenvalue weighted by Gasteiger charge is 2.35. The van der Waals surface area contributed by atoms with Crippen molar-refractivity contribution in [3.05, 3.63) is 49.6 Å². The standard InChI is InChI=1S/C19H20ClN5O5S2/c1-11-18(12(2)22(3)21-11)32(29,30)24-8-6-23(7-9-24)19(26)17-16(20)14-5-4-13(25(27)28)10-15(14)31-17/h4-5,10H,6-9H2,1-3H3. The van der Waals surface area contributed by atoms with Gasteiger partial charge in [0, 0.05) is 55.4 Å². The minimum Gasteiger partial charge on any atom is -0.335 e. The van der Waals surface area contributed by atoms with Gasteiger partial charge in [0.2, 0.25) is 10.0 Å². The predicted octanol–water partition coefficient (Wildman–Crippen LogP) is 2.96. The zero-order chi connectivity index (χ0) is 23.4. The highest BCUT2D eigenvalue weighted by Crippen LogP contribution is 2.38. The lowest BCUT2D eigenvalue weighted by Crippen LogP contribution is -2.50. The summed E-state index contributed by atoms with van der Waals surface area (Å²) in [5, 5.41) is 16.0. The lowest BCUT2D eigenvalue weighted by Gasteiger charge is -2.33. The van der Waals surface area contributed by atoms with Crippen LogP contribution in [0, 0.1) is 24.0 Å². The van der Waals surface area contributed by atoms with Crippen molar-refractivity contribution in [2.75, 3.05) is 26.2 Å². The van der Waals surface area contributed by atoms with E-state index in [1.807, 2.05) is 0 Å². The molecule has 2 aromatic heterocycles. The molecule has 0 bridgehead atoms. The average molecular weight is 498 g/mol. The Morgan fingerprint density at radius 2 is 1.88 bits per heavy atom. The van der Waals surface area contributed by atoms with Crippen LogP contribution in [-0.2, 0) is 17.1 Å². The van der Waals surface area contributed by atoms with Crippen LogP contribution in [0.2, 0.25) is 5.02 Å². The van der Waals surface area contributed by atoms with Gasteiger partial charge in [-0.3, -0.25) is 19.6 Å². The third-order valence-electron chi connectivity index (χ3n) is 5.58. The van der Waals surface area contributed by atoms with Gasteiger partial charge in [-0.1, -0.05) is 11.6 Å². The van der Waals surface area contributed by atoms with E-state index < -0.39 is 14.9 Å². The van der Waals surface area contributed by atoms with Crippen molar-refractivity contribution in [3.63, 3.8) is 0 Å². The number of hydrogen-bond donors (Lipinski definition) is 0. The lowest BCUT2D eigenvalue weighted by molar-refractivity contribution is -0.384. The fourth-order valence-corrected chi connectivity index (χ4v) is 7.17. The topological polar surface area (TPSA) is 119 Å². The average Bonchev–Trinajstić information content (AvgIpc) is 3.22. The summed E-state index contributed by atoms with van der Waals surface area (Å²) in [4.78, 5) is 25.6. The summed E-state index contributed by atoms with van der Waals surface area (Å²) < 4.78 is 29.7. The second-order valence-corrected chi connectivity index (χ2v) is 10.8. The Labute approximate surface area is 193 Å². The van der Waals surface area contributed by atoms with Gasteiger partial charge in [-0.05, 0) is 19.9 Å². The molecule has 1 saturated heterocycles. The van der Waals surface area contributed by atoms with Gasteiger partial charge in [-0.15, -0.1) is 11.3 Å². The van der Waals surface area contributed by atoms with Crippen LogP contribution >= 0.6 is 22.9 Å².